The summed E-state index contributed by atoms with van der Waals surface area (Å²) >= 11 is 0. The molecule has 0 aromatic carbocycles. The van der Waals surface area contributed by atoms with Crippen LogP contribution in [0.5, 0.6) is 5.75 Å². The summed E-state index contributed by atoms with van der Waals surface area (Å²) in [5, 5.41) is 2.84. The van der Waals surface area contributed by atoms with Gasteiger partial charge in [0.15, 0.2) is 18.2 Å². The number of hydrogen-bond donors (Lipinski definition) is 1. The number of ether oxygens (including phenoxy) is 1. The van der Waals surface area contributed by atoms with E-state index in [1.165, 1.54) is 18.3 Å². The second-order valence-electron chi connectivity index (χ2n) is 4.04. The van der Waals surface area contributed by atoms with Gasteiger partial charge in [0.2, 0.25) is 0 Å². The third-order valence-corrected chi connectivity index (χ3v) is 2.30. The first-order valence-corrected chi connectivity index (χ1v) is 5.79. The largest absolute Gasteiger partial charge is 0.480 e. The molecule has 0 amide bonds. The topological polar surface area (TPSA) is 47.0 Å². The van der Waals surface area contributed by atoms with Crippen LogP contribution >= 0.6 is 0 Å². The highest BCUT2D eigenvalue weighted by molar-refractivity contribution is 5.59. The van der Waals surface area contributed by atoms with Crippen LogP contribution in [0, 0.1) is 6.92 Å². The number of hydrogen-bond acceptors (Lipinski definition) is 4. The molecule has 2 aromatic rings. The maximum atomic E-state index is 12.2. The number of anilines is 2. The lowest BCUT2D eigenvalue weighted by atomic mass is 10.3. The van der Waals surface area contributed by atoms with Crippen molar-refractivity contribution >= 4 is 11.6 Å². The smallest absolute Gasteiger partial charge is 0.422 e. The quantitative estimate of drug-likeness (QED) is 0.933. The zero-order valence-electron chi connectivity index (χ0n) is 10.6. The number of halogens is 3. The lowest BCUT2D eigenvalue weighted by Crippen LogP contribution is -2.19. The maximum Gasteiger partial charge on any atom is 0.422 e. The monoisotopic (exact) mass is 283 g/mol. The van der Waals surface area contributed by atoms with Gasteiger partial charge in [-0.2, -0.15) is 13.2 Å². The molecule has 4 nitrogen and oxygen atoms in total. The van der Waals surface area contributed by atoms with Crippen molar-refractivity contribution in [2.75, 3.05) is 11.9 Å². The molecule has 2 aromatic heterocycles. The Bertz CT molecular complexity index is 587. The number of nitrogens with zero attached hydrogens (tertiary/aromatic N) is 2. The van der Waals surface area contributed by atoms with Crippen LogP contribution in [0.25, 0.3) is 0 Å². The van der Waals surface area contributed by atoms with Crippen LogP contribution in [-0.4, -0.2) is 22.8 Å². The van der Waals surface area contributed by atoms with Crippen LogP contribution in [-0.2, 0) is 0 Å². The van der Waals surface area contributed by atoms with E-state index in [9.17, 15) is 13.2 Å². The van der Waals surface area contributed by atoms with E-state index < -0.39 is 12.8 Å². The fourth-order valence-electron chi connectivity index (χ4n) is 1.49. The molecule has 106 valence electrons. The first-order valence-electron chi connectivity index (χ1n) is 5.79. The highest BCUT2D eigenvalue weighted by Crippen LogP contribution is 2.26. The Hall–Kier alpha value is -2.31. The predicted molar refractivity (Wildman–Crippen MR) is 68.0 cm³/mol. The average Bonchev–Trinajstić information content (AvgIpc) is 2.37. The molecule has 7 heteroatoms. The molecular weight excluding hydrogens is 271 g/mol. The van der Waals surface area contributed by atoms with E-state index in [1.54, 1.807) is 12.1 Å². The molecule has 2 heterocycles. The lowest BCUT2D eigenvalue weighted by molar-refractivity contribution is -0.153. The van der Waals surface area contributed by atoms with Gasteiger partial charge in [-0.05, 0) is 31.2 Å². The third kappa shape index (κ3) is 4.11. The first-order chi connectivity index (χ1) is 9.44. The van der Waals surface area contributed by atoms with Crippen molar-refractivity contribution in [3.63, 3.8) is 0 Å². The first kappa shape index (κ1) is 14.1. The van der Waals surface area contributed by atoms with Crippen molar-refractivity contribution in [2.24, 2.45) is 0 Å². The van der Waals surface area contributed by atoms with Crippen LogP contribution in [0.1, 0.15) is 5.69 Å². The van der Waals surface area contributed by atoms with E-state index >= 15 is 0 Å². The van der Waals surface area contributed by atoms with Gasteiger partial charge in [0, 0.05) is 11.9 Å². The van der Waals surface area contributed by atoms with Gasteiger partial charge in [-0.3, -0.25) is 0 Å². The molecule has 0 radical (unpaired) electrons. The summed E-state index contributed by atoms with van der Waals surface area (Å²) in [7, 11) is 0. The normalized spacial score (nSPS) is 11.2. The van der Waals surface area contributed by atoms with Gasteiger partial charge >= 0.3 is 6.18 Å². The lowest BCUT2D eigenvalue weighted by Gasteiger charge is -2.13. The molecule has 0 saturated carbocycles. The summed E-state index contributed by atoms with van der Waals surface area (Å²) < 4.78 is 41.3. The van der Waals surface area contributed by atoms with Crippen LogP contribution in [0.3, 0.4) is 0 Å². The maximum absolute atomic E-state index is 12.2. The number of pyridine rings is 2. The summed E-state index contributed by atoms with van der Waals surface area (Å²) in [5.74, 6) is 0.698. The standard InChI is InChI=1S/C13H12F3N3O/c1-9-4-2-6-11(18-9)19-12-10(5-3-7-17-12)20-8-13(14,15)16/h2-7H,8H2,1H3,(H,17,18,19). The molecule has 0 fully saturated rings. The molecule has 1 N–H and O–H groups in total. The molecule has 0 aliphatic rings. The molecule has 0 aliphatic carbocycles. The molecular formula is C13H12F3N3O. The molecule has 0 aliphatic heterocycles. The summed E-state index contributed by atoms with van der Waals surface area (Å²) in [6.07, 6.45) is -2.94. The Kier molecular flexibility index (Phi) is 4.07. The second kappa shape index (κ2) is 5.77. The van der Waals surface area contributed by atoms with Gasteiger partial charge in [0.25, 0.3) is 0 Å². The summed E-state index contributed by atoms with van der Waals surface area (Å²) in [6.45, 7) is 0.444. The van der Waals surface area contributed by atoms with Crippen LogP contribution in [0.4, 0.5) is 24.8 Å². The second-order valence-corrected chi connectivity index (χ2v) is 4.04. The zero-order chi connectivity index (χ0) is 14.6. The van der Waals surface area contributed by atoms with E-state index in [0.717, 1.165) is 5.69 Å². The molecule has 2 rings (SSSR count). The average molecular weight is 283 g/mol. The fraction of sp³-hybridized carbons (Fsp3) is 0.231. The Morgan fingerprint density at radius 3 is 2.70 bits per heavy atom. The zero-order valence-corrected chi connectivity index (χ0v) is 10.6. The van der Waals surface area contributed by atoms with E-state index in [1.807, 2.05) is 13.0 Å². The van der Waals surface area contributed by atoms with Gasteiger partial charge < -0.3 is 10.1 Å². The number of rotatable bonds is 4. The van der Waals surface area contributed by atoms with Gasteiger partial charge in [0.05, 0.1) is 0 Å². The molecule has 0 unspecified atom stereocenters. The van der Waals surface area contributed by atoms with Crippen molar-refractivity contribution in [1.82, 2.24) is 9.97 Å². The van der Waals surface area contributed by atoms with E-state index in [-0.39, 0.29) is 11.6 Å². The summed E-state index contributed by atoms with van der Waals surface area (Å²) in [5.41, 5.74) is 0.781. The van der Waals surface area contributed by atoms with Crippen molar-refractivity contribution in [1.29, 1.82) is 0 Å². The van der Waals surface area contributed by atoms with Crippen molar-refractivity contribution in [2.45, 2.75) is 13.1 Å². The van der Waals surface area contributed by atoms with Crippen molar-refractivity contribution in [3.05, 3.63) is 42.2 Å². The number of nitrogens with one attached hydrogen (secondary N) is 1. The molecule has 20 heavy (non-hydrogen) atoms. The minimum Gasteiger partial charge on any atom is -0.480 e. The highest BCUT2D eigenvalue weighted by atomic mass is 19.4. The molecule has 0 spiro atoms. The van der Waals surface area contributed by atoms with Gasteiger partial charge in [-0.25, -0.2) is 9.97 Å². The minimum atomic E-state index is -4.39. The van der Waals surface area contributed by atoms with Crippen molar-refractivity contribution in [3.8, 4) is 5.75 Å². The van der Waals surface area contributed by atoms with Gasteiger partial charge in [0.1, 0.15) is 5.82 Å². The number of alkyl halides is 3. The van der Waals surface area contributed by atoms with Crippen LogP contribution in [0.2, 0.25) is 0 Å². The highest BCUT2D eigenvalue weighted by Gasteiger charge is 2.29. The predicted octanol–water partition coefficient (Wildman–Crippen LogP) is 3.47. The fourth-order valence-corrected chi connectivity index (χ4v) is 1.49. The SMILES string of the molecule is Cc1cccc(Nc2ncccc2OCC(F)(F)F)n1. The van der Waals surface area contributed by atoms with Gasteiger partial charge in [-0.15, -0.1) is 0 Å². The number of aryl methyl sites for hydroxylation is 1. The Morgan fingerprint density at radius 2 is 2.00 bits per heavy atom. The Balaban J connectivity index is 2.15. The molecule has 0 saturated heterocycles. The van der Waals surface area contributed by atoms with Crippen molar-refractivity contribution < 1.29 is 17.9 Å². The minimum absolute atomic E-state index is 0.0214. The summed E-state index contributed by atoms with van der Waals surface area (Å²) in [6, 6.07) is 8.20. The Labute approximate surface area is 113 Å². The number of aromatic nitrogens is 2. The van der Waals surface area contributed by atoms with E-state index in [0.29, 0.717) is 5.82 Å². The molecule has 0 bridgehead atoms. The van der Waals surface area contributed by atoms with E-state index in [2.05, 4.69) is 15.3 Å². The molecule has 0 atom stereocenters. The Morgan fingerprint density at radius 1 is 1.20 bits per heavy atom. The van der Waals surface area contributed by atoms with E-state index in [4.69, 9.17) is 4.74 Å². The van der Waals surface area contributed by atoms with Gasteiger partial charge in [-0.1, -0.05) is 6.07 Å². The summed E-state index contributed by atoms with van der Waals surface area (Å²) in [4.78, 5) is 8.15. The van der Waals surface area contributed by atoms with Crippen LogP contribution < -0.4 is 10.1 Å². The third-order valence-electron chi connectivity index (χ3n) is 2.30. The van der Waals surface area contributed by atoms with Crippen LogP contribution in [0.15, 0.2) is 36.5 Å².